The fourth-order valence-corrected chi connectivity index (χ4v) is 1.91. The van der Waals surface area contributed by atoms with Gasteiger partial charge in [-0.05, 0) is 37.3 Å². The molecule has 0 spiro atoms. The first-order valence-corrected chi connectivity index (χ1v) is 6.21. The largest absolute Gasteiger partial charge is 0.326 e. The number of aryl methyl sites for hydroxylation is 1. The number of aromatic nitrogens is 1. The number of halogens is 2. The third kappa shape index (κ3) is 2.72. The number of pyridine rings is 1. The molecule has 6 heteroatoms. The summed E-state index contributed by atoms with van der Waals surface area (Å²) in [5.74, 6) is -1.06. The van der Waals surface area contributed by atoms with Crippen LogP contribution in [0.3, 0.4) is 0 Å². The number of rotatable bonds is 2. The Kier molecular flexibility index (Phi) is 3.90. The number of carbonyl (C=O) groups is 1. The molecule has 1 amide bonds. The van der Waals surface area contributed by atoms with Crippen LogP contribution in [0, 0.1) is 12.7 Å². The summed E-state index contributed by atoms with van der Waals surface area (Å²) in [6, 6.07) is 7.01. The number of hydrogen-bond acceptors (Lipinski definition) is 2. The molecule has 0 aliphatic carbocycles. The van der Waals surface area contributed by atoms with Crippen molar-refractivity contribution in [3.8, 4) is 0 Å². The number of carbonyl (C=O) groups excluding carboxylic acids is 1. The van der Waals surface area contributed by atoms with Crippen LogP contribution in [0.25, 0.3) is 0 Å². The van der Waals surface area contributed by atoms with Crippen molar-refractivity contribution in [1.29, 1.82) is 0 Å². The van der Waals surface area contributed by atoms with E-state index < -0.39 is 17.3 Å². The third-order valence-electron chi connectivity index (χ3n) is 2.88. The minimum atomic E-state index is -0.565. The van der Waals surface area contributed by atoms with Crippen molar-refractivity contribution in [3.63, 3.8) is 0 Å². The molecule has 1 N–H and O–H groups in total. The Bertz CT molecular complexity index is 727. The standard InChI is InChI=1S/C14H12ClFN2O2/c1-8-3-5-10(13(19)17-8)14(20)18(2)9-4-6-12(16)11(15)7-9/h3-7H,1-2H3,(H,17,19). The zero-order valence-electron chi connectivity index (χ0n) is 10.9. The van der Waals surface area contributed by atoms with E-state index in [1.54, 1.807) is 13.0 Å². The number of anilines is 1. The van der Waals surface area contributed by atoms with Gasteiger partial charge >= 0.3 is 0 Å². The van der Waals surface area contributed by atoms with E-state index in [4.69, 9.17) is 11.6 Å². The molecular weight excluding hydrogens is 283 g/mol. The van der Waals surface area contributed by atoms with Gasteiger partial charge in [-0.15, -0.1) is 0 Å². The lowest BCUT2D eigenvalue weighted by molar-refractivity contribution is 0.0991. The van der Waals surface area contributed by atoms with Crippen LogP contribution in [0.4, 0.5) is 10.1 Å². The number of amides is 1. The summed E-state index contributed by atoms with van der Waals surface area (Å²) in [4.78, 5) is 27.8. The van der Waals surface area contributed by atoms with Crippen molar-refractivity contribution in [2.24, 2.45) is 0 Å². The summed E-state index contributed by atoms with van der Waals surface area (Å²) in [6.07, 6.45) is 0. The van der Waals surface area contributed by atoms with E-state index in [0.717, 1.165) is 0 Å². The van der Waals surface area contributed by atoms with Gasteiger partial charge in [0.05, 0.1) is 5.02 Å². The lowest BCUT2D eigenvalue weighted by Crippen LogP contribution is -2.31. The first-order chi connectivity index (χ1) is 9.40. The Morgan fingerprint density at radius 3 is 2.60 bits per heavy atom. The maximum absolute atomic E-state index is 13.1. The molecule has 104 valence electrons. The van der Waals surface area contributed by atoms with E-state index in [2.05, 4.69) is 4.98 Å². The van der Waals surface area contributed by atoms with Gasteiger partial charge in [0.15, 0.2) is 0 Å². The molecular formula is C14H12ClFN2O2. The van der Waals surface area contributed by atoms with Gasteiger partial charge in [-0.3, -0.25) is 9.59 Å². The monoisotopic (exact) mass is 294 g/mol. The quantitative estimate of drug-likeness (QED) is 0.926. The van der Waals surface area contributed by atoms with E-state index in [-0.39, 0.29) is 10.6 Å². The molecule has 0 atom stereocenters. The number of aromatic amines is 1. The minimum absolute atomic E-state index is 0.0125. The molecule has 0 bridgehead atoms. The van der Waals surface area contributed by atoms with Crippen molar-refractivity contribution >= 4 is 23.2 Å². The molecule has 0 radical (unpaired) electrons. The maximum Gasteiger partial charge on any atom is 0.263 e. The number of hydrogen-bond donors (Lipinski definition) is 1. The normalized spacial score (nSPS) is 10.4. The summed E-state index contributed by atoms with van der Waals surface area (Å²) < 4.78 is 13.1. The second-order valence-electron chi connectivity index (χ2n) is 4.35. The van der Waals surface area contributed by atoms with Crippen LogP contribution in [0.15, 0.2) is 35.1 Å². The SMILES string of the molecule is Cc1ccc(C(=O)N(C)c2ccc(F)c(Cl)c2)c(=O)[nH]1. The van der Waals surface area contributed by atoms with Crippen LogP contribution in [0.1, 0.15) is 16.1 Å². The van der Waals surface area contributed by atoms with E-state index in [9.17, 15) is 14.0 Å². The lowest BCUT2D eigenvalue weighted by Gasteiger charge is -2.17. The van der Waals surface area contributed by atoms with Crippen LogP contribution in [0.2, 0.25) is 5.02 Å². The van der Waals surface area contributed by atoms with Crippen LogP contribution >= 0.6 is 11.6 Å². The van der Waals surface area contributed by atoms with E-state index >= 15 is 0 Å². The zero-order chi connectivity index (χ0) is 14.9. The third-order valence-corrected chi connectivity index (χ3v) is 3.17. The average Bonchev–Trinajstić information content (AvgIpc) is 2.40. The van der Waals surface area contributed by atoms with E-state index in [0.29, 0.717) is 11.4 Å². The molecule has 1 aromatic carbocycles. The summed E-state index contributed by atoms with van der Waals surface area (Å²) >= 11 is 5.68. The number of benzene rings is 1. The highest BCUT2D eigenvalue weighted by molar-refractivity contribution is 6.31. The van der Waals surface area contributed by atoms with Crippen molar-refractivity contribution in [2.75, 3.05) is 11.9 Å². The Morgan fingerprint density at radius 1 is 1.30 bits per heavy atom. The minimum Gasteiger partial charge on any atom is -0.326 e. The van der Waals surface area contributed by atoms with Gasteiger partial charge in [-0.2, -0.15) is 0 Å². The molecule has 0 aliphatic heterocycles. The molecule has 0 saturated heterocycles. The fourth-order valence-electron chi connectivity index (χ4n) is 1.73. The summed E-state index contributed by atoms with van der Waals surface area (Å²) in [5.41, 5.74) is 0.619. The lowest BCUT2D eigenvalue weighted by atomic mass is 10.2. The average molecular weight is 295 g/mol. The van der Waals surface area contributed by atoms with Gasteiger partial charge in [-0.1, -0.05) is 11.6 Å². The smallest absolute Gasteiger partial charge is 0.263 e. The van der Waals surface area contributed by atoms with Gasteiger partial charge < -0.3 is 9.88 Å². The van der Waals surface area contributed by atoms with Crippen LogP contribution in [-0.4, -0.2) is 17.9 Å². The topological polar surface area (TPSA) is 53.2 Å². The van der Waals surface area contributed by atoms with Gasteiger partial charge in [0.1, 0.15) is 11.4 Å². The molecule has 2 aromatic rings. The van der Waals surface area contributed by atoms with Crippen LogP contribution < -0.4 is 10.5 Å². The Balaban J connectivity index is 2.37. The first kappa shape index (κ1) is 14.3. The summed E-state index contributed by atoms with van der Waals surface area (Å²) in [7, 11) is 1.49. The maximum atomic E-state index is 13.1. The highest BCUT2D eigenvalue weighted by atomic mass is 35.5. The van der Waals surface area contributed by atoms with Crippen LogP contribution in [0.5, 0.6) is 0 Å². The molecule has 1 aromatic heterocycles. The Labute approximate surface area is 119 Å². The van der Waals surface area contributed by atoms with Gasteiger partial charge in [-0.25, -0.2) is 4.39 Å². The number of nitrogens with one attached hydrogen (secondary N) is 1. The molecule has 0 unspecified atom stereocenters. The Hall–Kier alpha value is -2.14. The predicted molar refractivity (Wildman–Crippen MR) is 75.9 cm³/mol. The molecule has 2 rings (SSSR count). The predicted octanol–water partition coefficient (Wildman–Crippen LogP) is 2.75. The van der Waals surface area contributed by atoms with Gasteiger partial charge in [0, 0.05) is 18.4 Å². The molecule has 20 heavy (non-hydrogen) atoms. The number of H-pyrrole nitrogens is 1. The first-order valence-electron chi connectivity index (χ1n) is 5.83. The molecule has 0 saturated carbocycles. The second kappa shape index (κ2) is 5.46. The highest BCUT2D eigenvalue weighted by Crippen LogP contribution is 2.22. The molecule has 1 heterocycles. The van der Waals surface area contributed by atoms with E-state index in [1.165, 1.54) is 36.2 Å². The highest BCUT2D eigenvalue weighted by Gasteiger charge is 2.17. The summed E-state index contributed by atoms with van der Waals surface area (Å²) in [5, 5.41) is -0.0834. The zero-order valence-corrected chi connectivity index (χ0v) is 11.7. The molecule has 4 nitrogen and oxygen atoms in total. The van der Waals surface area contributed by atoms with Gasteiger partial charge in [0.2, 0.25) is 0 Å². The van der Waals surface area contributed by atoms with E-state index in [1.807, 2.05) is 0 Å². The second-order valence-corrected chi connectivity index (χ2v) is 4.75. The van der Waals surface area contributed by atoms with Crippen molar-refractivity contribution < 1.29 is 9.18 Å². The van der Waals surface area contributed by atoms with Crippen LogP contribution in [-0.2, 0) is 0 Å². The van der Waals surface area contributed by atoms with Crippen molar-refractivity contribution in [3.05, 3.63) is 62.8 Å². The Morgan fingerprint density at radius 2 is 2.00 bits per heavy atom. The van der Waals surface area contributed by atoms with Crippen molar-refractivity contribution in [1.82, 2.24) is 4.98 Å². The van der Waals surface area contributed by atoms with Crippen molar-refractivity contribution in [2.45, 2.75) is 6.92 Å². The van der Waals surface area contributed by atoms with Gasteiger partial charge in [0.25, 0.3) is 11.5 Å². The molecule has 0 aliphatic rings. The number of nitrogens with zero attached hydrogens (tertiary/aromatic N) is 1. The summed E-state index contributed by atoms with van der Waals surface area (Å²) in [6.45, 7) is 1.72. The fraction of sp³-hybridized carbons (Fsp3) is 0.143. The molecule has 0 fully saturated rings.